The summed E-state index contributed by atoms with van der Waals surface area (Å²) in [7, 11) is 0. The SMILES string of the molecule is CC(OC(=O)N1CCC2(CCCN2C(=O)c2cnc3ncccn23)CC1)C(F)(F)F. The number of hydrogen-bond donors (Lipinski definition) is 0. The van der Waals surface area contributed by atoms with Gasteiger partial charge in [0.2, 0.25) is 5.78 Å². The van der Waals surface area contributed by atoms with Crippen molar-refractivity contribution in [3.05, 3.63) is 30.4 Å². The topological polar surface area (TPSA) is 80.0 Å². The maximum atomic E-state index is 13.3. The predicted octanol–water partition coefficient (Wildman–Crippen LogP) is 2.89. The molecule has 4 heterocycles. The van der Waals surface area contributed by atoms with Crippen molar-refractivity contribution >= 4 is 17.8 Å². The van der Waals surface area contributed by atoms with E-state index in [1.165, 1.54) is 11.1 Å². The van der Waals surface area contributed by atoms with Gasteiger partial charge in [-0.3, -0.25) is 9.20 Å². The van der Waals surface area contributed by atoms with Crippen molar-refractivity contribution in [2.45, 2.75) is 50.4 Å². The Balaban J connectivity index is 1.45. The second-order valence-corrected chi connectivity index (χ2v) is 7.77. The molecule has 2 saturated heterocycles. The molecule has 2 amide bonds. The van der Waals surface area contributed by atoms with Gasteiger partial charge in [0.1, 0.15) is 5.69 Å². The van der Waals surface area contributed by atoms with Gasteiger partial charge in [-0.15, -0.1) is 0 Å². The largest absolute Gasteiger partial charge is 0.437 e. The number of nitrogens with zero attached hydrogens (tertiary/aromatic N) is 5. The lowest BCUT2D eigenvalue weighted by Gasteiger charge is -2.44. The molecule has 4 rings (SSSR count). The van der Waals surface area contributed by atoms with E-state index in [2.05, 4.69) is 14.7 Å². The quantitative estimate of drug-likeness (QED) is 0.739. The van der Waals surface area contributed by atoms with Crippen molar-refractivity contribution < 1.29 is 27.5 Å². The Hall–Kier alpha value is -2.85. The van der Waals surface area contributed by atoms with Crippen molar-refractivity contribution in [2.24, 2.45) is 0 Å². The number of fused-ring (bicyclic) bond motifs is 1. The lowest BCUT2D eigenvalue weighted by Crippen LogP contribution is -2.55. The van der Waals surface area contributed by atoms with Crippen LogP contribution in [0.3, 0.4) is 0 Å². The molecule has 162 valence electrons. The zero-order valence-corrected chi connectivity index (χ0v) is 16.4. The third-order valence-corrected chi connectivity index (χ3v) is 6.04. The number of alkyl halides is 3. The van der Waals surface area contributed by atoms with E-state index in [1.807, 2.05) is 4.90 Å². The second-order valence-electron chi connectivity index (χ2n) is 7.77. The highest BCUT2D eigenvalue weighted by Gasteiger charge is 2.47. The van der Waals surface area contributed by atoms with Crippen molar-refractivity contribution in [2.75, 3.05) is 19.6 Å². The van der Waals surface area contributed by atoms with Gasteiger partial charge in [-0.1, -0.05) is 0 Å². The van der Waals surface area contributed by atoms with Crippen LogP contribution in [0.1, 0.15) is 43.1 Å². The molecule has 1 atom stereocenters. The number of imidazole rings is 1. The van der Waals surface area contributed by atoms with Gasteiger partial charge in [0, 0.05) is 37.6 Å². The lowest BCUT2D eigenvalue weighted by molar-refractivity contribution is -0.200. The fraction of sp³-hybridized carbons (Fsp3) is 0.579. The van der Waals surface area contributed by atoms with Crippen LogP contribution in [0.5, 0.6) is 0 Å². The van der Waals surface area contributed by atoms with E-state index in [1.54, 1.807) is 22.9 Å². The van der Waals surface area contributed by atoms with Crippen LogP contribution in [-0.4, -0.2) is 73.6 Å². The molecule has 8 nitrogen and oxygen atoms in total. The fourth-order valence-electron chi connectivity index (χ4n) is 4.30. The molecule has 1 unspecified atom stereocenters. The summed E-state index contributed by atoms with van der Waals surface area (Å²) in [6.07, 6.45) is -0.300. The molecular formula is C19H22F3N5O3. The summed E-state index contributed by atoms with van der Waals surface area (Å²) in [5, 5.41) is 0. The van der Waals surface area contributed by atoms with Crippen LogP contribution < -0.4 is 0 Å². The first-order chi connectivity index (χ1) is 14.2. The monoisotopic (exact) mass is 425 g/mol. The molecule has 2 aliphatic heterocycles. The Morgan fingerprint density at radius 2 is 1.90 bits per heavy atom. The summed E-state index contributed by atoms with van der Waals surface area (Å²) >= 11 is 0. The molecule has 30 heavy (non-hydrogen) atoms. The first-order valence-electron chi connectivity index (χ1n) is 9.84. The van der Waals surface area contributed by atoms with Gasteiger partial charge in [0.05, 0.1) is 6.20 Å². The third-order valence-electron chi connectivity index (χ3n) is 6.04. The molecular weight excluding hydrogens is 403 g/mol. The van der Waals surface area contributed by atoms with Gasteiger partial charge in [0.15, 0.2) is 6.10 Å². The number of halogens is 3. The van der Waals surface area contributed by atoms with Crippen LogP contribution in [0.15, 0.2) is 24.7 Å². The minimum atomic E-state index is -4.59. The number of amides is 2. The number of hydrogen-bond acceptors (Lipinski definition) is 5. The maximum absolute atomic E-state index is 13.3. The van der Waals surface area contributed by atoms with Gasteiger partial charge in [0.25, 0.3) is 5.91 Å². The van der Waals surface area contributed by atoms with Crippen molar-refractivity contribution in [3.8, 4) is 0 Å². The van der Waals surface area contributed by atoms with Crippen LogP contribution in [-0.2, 0) is 4.74 Å². The Labute approximate surface area is 170 Å². The molecule has 2 fully saturated rings. The van der Waals surface area contributed by atoms with Crippen LogP contribution in [0.4, 0.5) is 18.0 Å². The number of likely N-dealkylation sites (tertiary alicyclic amines) is 2. The summed E-state index contributed by atoms with van der Waals surface area (Å²) < 4.78 is 44.1. The smallest absolute Gasteiger partial charge is 0.425 e. The molecule has 1 spiro atoms. The zero-order chi connectivity index (χ0) is 21.5. The number of rotatable bonds is 2. The Morgan fingerprint density at radius 1 is 1.17 bits per heavy atom. The third kappa shape index (κ3) is 3.56. The van der Waals surface area contributed by atoms with E-state index in [4.69, 9.17) is 0 Å². The van der Waals surface area contributed by atoms with E-state index in [-0.39, 0.29) is 19.0 Å². The number of carbonyl (C=O) groups excluding carboxylic acids is 2. The van der Waals surface area contributed by atoms with Crippen LogP contribution >= 0.6 is 0 Å². The van der Waals surface area contributed by atoms with Crippen LogP contribution in [0.2, 0.25) is 0 Å². The second kappa shape index (κ2) is 7.44. The average Bonchev–Trinajstić information content (AvgIpc) is 3.32. The Bertz CT molecular complexity index is 952. The average molecular weight is 425 g/mol. The summed E-state index contributed by atoms with van der Waals surface area (Å²) in [5.41, 5.74) is -0.00390. The molecule has 0 saturated carbocycles. The number of piperidine rings is 1. The van der Waals surface area contributed by atoms with Gasteiger partial charge < -0.3 is 14.5 Å². The predicted molar refractivity (Wildman–Crippen MR) is 98.8 cm³/mol. The Morgan fingerprint density at radius 3 is 2.60 bits per heavy atom. The minimum Gasteiger partial charge on any atom is -0.437 e. The first kappa shape index (κ1) is 20.4. The van der Waals surface area contributed by atoms with Gasteiger partial charge >= 0.3 is 12.3 Å². The minimum absolute atomic E-state index is 0.158. The van der Waals surface area contributed by atoms with E-state index in [0.29, 0.717) is 30.9 Å². The normalized spacial score (nSPS) is 20.0. The molecule has 2 aromatic rings. The highest BCUT2D eigenvalue weighted by atomic mass is 19.4. The first-order valence-corrected chi connectivity index (χ1v) is 9.84. The number of ether oxygens (including phenoxy) is 1. The molecule has 11 heteroatoms. The zero-order valence-electron chi connectivity index (χ0n) is 16.4. The van der Waals surface area contributed by atoms with Gasteiger partial charge in [-0.25, -0.2) is 14.8 Å². The summed E-state index contributed by atoms with van der Waals surface area (Å²) in [5.74, 6) is 0.278. The van der Waals surface area contributed by atoms with E-state index < -0.39 is 23.9 Å². The van der Waals surface area contributed by atoms with Gasteiger partial charge in [-0.2, -0.15) is 13.2 Å². The fourth-order valence-corrected chi connectivity index (χ4v) is 4.30. The number of aromatic nitrogens is 3. The van der Waals surface area contributed by atoms with Crippen molar-refractivity contribution in [3.63, 3.8) is 0 Å². The molecule has 0 aliphatic carbocycles. The highest BCUT2D eigenvalue weighted by Crippen LogP contribution is 2.39. The maximum Gasteiger partial charge on any atom is 0.425 e. The van der Waals surface area contributed by atoms with E-state index >= 15 is 0 Å². The molecule has 0 bridgehead atoms. The number of carbonyl (C=O) groups is 2. The van der Waals surface area contributed by atoms with E-state index in [9.17, 15) is 22.8 Å². The summed E-state index contributed by atoms with van der Waals surface area (Å²) in [6.45, 7) is 1.87. The lowest BCUT2D eigenvalue weighted by atomic mass is 9.85. The molecule has 0 N–H and O–H groups in total. The van der Waals surface area contributed by atoms with E-state index in [0.717, 1.165) is 19.8 Å². The molecule has 2 aliphatic rings. The molecule has 0 radical (unpaired) electrons. The van der Waals surface area contributed by atoms with Crippen LogP contribution in [0.25, 0.3) is 5.78 Å². The molecule has 0 aromatic carbocycles. The van der Waals surface area contributed by atoms with Crippen molar-refractivity contribution in [1.82, 2.24) is 24.2 Å². The summed E-state index contributed by atoms with van der Waals surface area (Å²) in [4.78, 5) is 36.8. The Kier molecular flexibility index (Phi) is 5.07. The summed E-state index contributed by atoms with van der Waals surface area (Å²) in [6, 6.07) is 1.72. The molecule has 2 aromatic heterocycles. The highest BCUT2D eigenvalue weighted by molar-refractivity contribution is 5.94. The standard InChI is InChI=1S/C19H22F3N5O3/c1-13(19(20,21)22)30-17(29)25-10-5-18(6-11-25)4-2-9-27(18)15(28)14-12-24-16-23-7-3-8-26(14)16/h3,7-8,12-13H,2,4-6,9-11H2,1H3. The van der Waals surface area contributed by atoms with Crippen molar-refractivity contribution in [1.29, 1.82) is 0 Å². The van der Waals surface area contributed by atoms with Gasteiger partial charge in [-0.05, 0) is 38.7 Å². The van der Waals surface area contributed by atoms with Crippen LogP contribution in [0, 0.1) is 0 Å².